The van der Waals surface area contributed by atoms with Crippen molar-refractivity contribution in [1.82, 2.24) is 14.5 Å². The molecular formula is C7H7N3O2. The van der Waals surface area contributed by atoms with Gasteiger partial charge in [-0.25, -0.2) is 9.78 Å². The summed E-state index contributed by atoms with van der Waals surface area (Å²) in [7, 11) is 1.57. The van der Waals surface area contributed by atoms with Crippen molar-refractivity contribution in [1.29, 1.82) is 0 Å². The number of pyridine rings is 1. The average Bonchev–Trinajstić information content (AvgIpc) is 2.29. The van der Waals surface area contributed by atoms with Crippen LogP contribution >= 0.6 is 0 Å². The molecule has 0 amide bonds. The van der Waals surface area contributed by atoms with Crippen LogP contribution in [0.5, 0.6) is 5.75 Å². The van der Waals surface area contributed by atoms with E-state index in [1.807, 2.05) is 0 Å². The van der Waals surface area contributed by atoms with Crippen molar-refractivity contribution in [3.63, 3.8) is 0 Å². The molecule has 5 heteroatoms. The van der Waals surface area contributed by atoms with Gasteiger partial charge >= 0.3 is 5.69 Å². The number of aromatic amines is 1. The topological polar surface area (TPSA) is 70.9 Å². The molecule has 0 aliphatic heterocycles. The highest BCUT2D eigenvalue weighted by atomic mass is 16.3. The van der Waals surface area contributed by atoms with Gasteiger partial charge in [0.05, 0.1) is 0 Å². The number of aromatic hydroxyl groups is 1. The lowest BCUT2D eigenvalue weighted by Gasteiger charge is -1.94. The molecular weight excluding hydrogens is 158 g/mol. The Morgan fingerprint density at radius 1 is 1.67 bits per heavy atom. The van der Waals surface area contributed by atoms with Crippen LogP contribution in [0.3, 0.4) is 0 Å². The summed E-state index contributed by atoms with van der Waals surface area (Å²) in [5.74, 6) is 0.0563. The van der Waals surface area contributed by atoms with E-state index in [0.29, 0.717) is 11.2 Å². The van der Waals surface area contributed by atoms with Crippen molar-refractivity contribution in [2.45, 2.75) is 0 Å². The Bertz CT molecular complexity index is 483. The average molecular weight is 165 g/mol. The van der Waals surface area contributed by atoms with Crippen molar-refractivity contribution in [2.75, 3.05) is 0 Å². The van der Waals surface area contributed by atoms with Gasteiger partial charge in [-0.15, -0.1) is 0 Å². The summed E-state index contributed by atoms with van der Waals surface area (Å²) in [5.41, 5.74) is 0.559. The first-order valence-electron chi connectivity index (χ1n) is 3.43. The summed E-state index contributed by atoms with van der Waals surface area (Å²) in [6.45, 7) is 0. The van der Waals surface area contributed by atoms with E-state index >= 15 is 0 Å². The van der Waals surface area contributed by atoms with Crippen LogP contribution < -0.4 is 5.69 Å². The van der Waals surface area contributed by atoms with Crippen molar-refractivity contribution in [3.8, 4) is 5.75 Å². The highest BCUT2D eigenvalue weighted by Crippen LogP contribution is 2.17. The Hall–Kier alpha value is -1.78. The van der Waals surface area contributed by atoms with Gasteiger partial charge in [-0.3, -0.25) is 9.55 Å². The van der Waals surface area contributed by atoms with Gasteiger partial charge in [0.15, 0.2) is 5.65 Å². The molecule has 0 aliphatic rings. The quantitative estimate of drug-likeness (QED) is 0.575. The maximum atomic E-state index is 11.0. The summed E-state index contributed by atoms with van der Waals surface area (Å²) in [6.07, 6.45) is 1.44. The van der Waals surface area contributed by atoms with Crippen LogP contribution in [0, 0.1) is 0 Å². The lowest BCUT2D eigenvalue weighted by atomic mass is 10.4. The van der Waals surface area contributed by atoms with Crippen LogP contribution in [0.4, 0.5) is 0 Å². The summed E-state index contributed by atoms with van der Waals surface area (Å²) < 4.78 is 1.32. The third-order valence-electron chi connectivity index (χ3n) is 1.77. The second-order valence-electron chi connectivity index (χ2n) is 2.52. The molecule has 12 heavy (non-hydrogen) atoms. The van der Waals surface area contributed by atoms with Crippen LogP contribution in [-0.4, -0.2) is 19.6 Å². The molecule has 0 saturated heterocycles. The zero-order valence-corrected chi connectivity index (χ0v) is 6.40. The Morgan fingerprint density at radius 2 is 2.42 bits per heavy atom. The van der Waals surface area contributed by atoms with Crippen LogP contribution in [0.2, 0.25) is 0 Å². The number of aromatic nitrogens is 3. The second kappa shape index (κ2) is 2.10. The molecule has 0 bridgehead atoms. The van der Waals surface area contributed by atoms with Crippen molar-refractivity contribution < 1.29 is 5.11 Å². The van der Waals surface area contributed by atoms with Gasteiger partial charge in [-0.05, 0) is 0 Å². The molecule has 0 fully saturated rings. The second-order valence-corrected chi connectivity index (χ2v) is 2.52. The van der Waals surface area contributed by atoms with E-state index in [9.17, 15) is 9.90 Å². The highest BCUT2D eigenvalue weighted by molar-refractivity contribution is 5.77. The molecule has 0 aliphatic carbocycles. The Morgan fingerprint density at radius 3 is 3.08 bits per heavy atom. The Labute approximate surface area is 67.3 Å². The van der Waals surface area contributed by atoms with Crippen LogP contribution in [0.15, 0.2) is 17.1 Å². The molecule has 2 aromatic heterocycles. The molecule has 0 saturated carbocycles. The van der Waals surface area contributed by atoms with Crippen LogP contribution in [0.25, 0.3) is 11.2 Å². The fraction of sp³-hybridized carbons (Fsp3) is 0.143. The minimum absolute atomic E-state index is 0.0563. The largest absolute Gasteiger partial charge is 0.506 e. The van der Waals surface area contributed by atoms with Gasteiger partial charge < -0.3 is 5.11 Å². The number of fused-ring (bicyclic) bond motifs is 1. The van der Waals surface area contributed by atoms with Gasteiger partial charge in [0.2, 0.25) is 0 Å². The Kier molecular flexibility index (Phi) is 1.21. The van der Waals surface area contributed by atoms with Crippen molar-refractivity contribution in [3.05, 3.63) is 22.7 Å². The molecule has 0 aromatic carbocycles. The predicted molar refractivity (Wildman–Crippen MR) is 43.0 cm³/mol. The first-order valence-corrected chi connectivity index (χ1v) is 3.43. The maximum absolute atomic E-state index is 11.0. The van der Waals surface area contributed by atoms with E-state index in [1.165, 1.54) is 16.8 Å². The predicted octanol–water partition coefficient (Wildman–Crippen LogP) is -0.0328. The molecule has 0 unspecified atom stereocenters. The monoisotopic (exact) mass is 165 g/mol. The lowest BCUT2D eigenvalue weighted by molar-refractivity contribution is 0.478. The highest BCUT2D eigenvalue weighted by Gasteiger charge is 2.06. The molecule has 2 aromatic rings. The first kappa shape index (κ1) is 6.90. The fourth-order valence-corrected chi connectivity index (χ4v) is 1.15. The number of nitrogens with zero attached hydrogens (tertiary/aromatic N) is 2. The third-order valence-corrected chi connectivity index (χ3v) is 1.77. The standard InChI is InChI=1S/C7H7N3O2/c1-10-5-4(11)2-3-8-6(5)9-7(10)12/h2-3H,1H3,(H2,8,9,11,12). The van der Waals surface area contributed by atoms with Crippen molar-refractivity contribution in [2.24, 2.45) is 7.05 Å². The van der Waals surface area contributed by atoms with E-state index in [-0.39, 0.29) is 11.4 Å². The minimum Gasteiger partial charge on any atom is -0.506 e. The van der Waals surface area contributed by atoms with E-state index in [1.54, 1.807) is 7.05 Å². The fourth-order valence-electron chi connectivity index (χ4n) is 1.15. The normalized spacial score (nSPS) is 10.8. The summed E-state index contributed by atoms with van der Waals surface area (Å²) in [6, 6.07) is 1.44. The van der Waals surface area contributed by atoms with E-state index < -0.39 is 0 Å². The van der Waals surface area contributed by atoms with Gasteiger partial charge in [0.1, 0.15) is 11.3 Å². The SMILES string of the molecule is Cn1c(=O)[nH]c2nccc(O)c21. The van der Waals surface area contributed by atoms with Crippen LogP contribution in [-0.2, 0) is 7.05 Å². The molecule has 2 N–H and O–H groups in total. The number of aryl methyl sites for hydroxylation is 1. The van der Waals surface area contributed by atoms with E-state index in [2.05, 4.69) is 9.97 Å². The number of H-pyrrole nitrogens is 1. The van der Waals surface area contributed by atoms with Gasteiger partial charge in [-0.2, -0.15) is 0 Å². The van der Waals surface area contributed by atoms with E-state index in [4.69, 9.17) is 0 Å². The zero-order chi connectivity index (χ0) is 8.72. The van der Waals surface area contributed by atoms with Crippen molar-refractivity contribution >= 4 is 11.2 Å². The van der Waals surface area contributed by atoms with Gasteiger partial charge in [0, 0.05) is 19.3 Å². The lowest BCUT2D eigenvalue weighted by Crippen LogP contribution is -2.11. The molecule has 0 atom stereocenters. The van der Waals surface area contributed by atoms with E-state index in [0.717, 1.165) is 0 Å². The first-order chi connectivity index (χ1) is 5.70. The maximum Gasteiger partial charge on any atom is 0.327 e. The van der Waals surface area contributed by atoms with Gasteiger partial charge in [-0.1, -0.05) is 0 Å². The Balaban J connectivity index is 3.07. The minimum atomic E-state index is -0.279. The summed E-state index contributed by atoms with van der Waals surface area (Å²) in [5, 5.41) is 9.35. The molecule has 0 radical (unpaired) electrons. The number of rotatable bonds is 0. The number of nitrogens with one attached hydrogen (secondary N) is 1. The third kappa shape index (κ3) is 0.730. The molecule has 2 heterocycles. The van der Waals surface area contributed by atoms with Crippen LogP contribution in [0.1, 0.15) is 0 Å². The summed E-state index contributed by atoms with van der Waals surface area (Å²) >= 11 is 0. The molecule has 0 spiro atoms. The van der Waals surface area contributed by atoms with Gasteiger partial charge in [0.25, 0.3) is 0 Å². The molecule has 62 valence electrons. The molecule has 2 rings (SSSR count). The number of hydrogen-bond acceptors (Lipinski definition) is 3. The number of imidazole rings is 1. The zero-order valence-electron chi connectivity index (χ0n) is 6.40. The number of hydrogen-bond donors (Lipinski definition) is 2. The summed E-state index contributed by atoms with van der Waals surface area (Å²) in [4.78, 5) is 17.4. The smallest absolute Gasteiger partial charge is 0.327 e. The molecule has 5 nitrogen and oxygen atoms in total.